The van der Waals surface area contributed by atoms with Gasteiger partial charge in [-0.1, -0.05) is 30.3 Å². The van der Waals surface area contributed by atoms with Gasteiger partial charge in [-0.2, -0.15) is 26.4 Å². The Bertz CT molecular complexity index is 857. The zero-order chi connectivity index (χ0) is 18.9. The van der Waals surface area contributed by atoms with E-state index in [-0.39, 0.29) is 0 Å². The molecule has 2 saturated heterocycles. The first kappa shape index (κ1) is 18.8. The van der Waals surface area contributed by atoms with Crippen molar-refractivity contribution in [1.29, 1.82) is 0 Å². The molecule has 0 atom stereocenters. The topological polar surface area (TPSA) is 72.9 Å². The van der Waals surface area contributed by atoms with E-state index in [9.17, 15) is 8.42 Å². The molecule has 2 aromatic rings. The molecule has 0 spiro atoms. The van der Waals surface area contributed by atoms with Crippen molar-refractivity contribution in [3.8, 4) is 11.4 Å². The van der Waals surface area contributed by atoms with Crippen LogP contribution in [-0.2, 0) is 10.2 Å². The Morgan fingerprint density at radius 1 is 0.889 bits per heavy atom. The van der Waals surface area contributed by atoms with Crippen molar-refractivity contribution >= 4 is 26.9 Å². The van der Waals surface area contributed by atoms with E-state index in [1.54, 1.807) is 8.61 Å². The summed E-state index contributed by atoms with van der Waals surface area (Å²) in [5, 5.41) is 0.852. The minimum absolute atomic E-state index is 0.481. The Morgan fingerprint density at radius 2 is 1.48 bits per heavy atom. The lowest BCUT2D eigenvalue weighted by Crippen LogP contribution is -2.56. The molecule has 0 N–H and O–H groups in total. The quantitative estimate of drug-likeness (QED) is 0.746. The molecule has 0 unspecified atom stereocenters. The largest absolute Gasteiger partial charge is 0.344 e. The summed E-state index contributed by atoms with van der Waals surface area (Å²) in [5.41, 5.74) is 0.997. The summed E-state index contributed by atoms with van der Waals surface area (Å²) >= 11 is 1.37. The molecule has 0 radical (unpaired) electrons. The molecule has 27 heavy (non-hydrogen) atoms. The molecule has 8 nitrogen and oxygen atoms in total. The van der Waals surface area contributed by atoms with E-state index in [0.717, 1.165) is 29.6 Å². The summed E-state index contributed by atoms with van der Waals surface area (Å²) in [7, 11) is -1.35. The molecule has 2 aliphatic rings. The predicted octanol–water partition coefficient (Wildman–Crippen LogP) is 0.819. The van der Waals surface area contributed by atoms with E-state index in [2.05, 4.69) is 19.2 Å². The van der Waals surface area contributed by atoms with Crippen molar-refractivity contribution in [3.05, 3.63) is 30.3 Å². The van der Waals surface area contributed by atoms with Gasteiger partial charge in [0, 0.05) is 69.5 Å². The fraction of sp³-hybridized carbons (Fsp3) is 0.529. The average Bonchev–Trinajstić information content (AvgIpc) is 3.19. The van der Waals surface area contributed by atoms with Crippen molar-refractivity contribution in [3.63, 3.8) is 0 Å². The monoisotopic (exact) mass is 408 g/mol. The molecular weight excluding hydrogens is 384 g/mol. The van der Waals surface area contributed by atoms with E-state index >= 15 is 0 Å². The fourth-order valence-corrected chi connectivity index (χ4v) is 5.66. The SMILES string of the molecule is CN1CCN(S(=O)(=O)N2CCN(c3nc(-c4ccccc4)ns3)CC2)CC1. The molecule has 3 heterocycles. The molecule has 1 aromatic heterocycles. The second kappa shape index (κ2) is 7.80. The van der Waals surface area contributed by atoms with Gasteiger partial charge in [-0.05, 0) is 7.05 Å². The van der Waals surface area contributed by atoms with Crippen LogP contribution in [0.4, 0.5) is 5.13 Å². The molecule has 0 saturated carbocycles. The van der Waals surface area contributed by atoms with Gasteiger partial charge in [0.25, 0.3) is 10.2 Å². The minimum atomic E-state index is -3.37. The highest BCUT2D eigenvalue weighted by Gasteiger charge is 2.34. The highest BCUT2D eigenvalue weighted by atomic mass is 32.2. The maximum Gasteiger partial charge on any atom is 0.282 e. The van der Waals surface area contributed by atoms with Crippen LogP contribution in [0.15, 0.2) is 30.3 Å². The molecule has 0 aliphatic carbocycles. The standard InChI is InChI=1S/C17H24N6O2S2/c1-20-7-11-22(12-8-20)27(24,25)23-13-9-21(10-14-23)17-18-16(19-26-17)15-5-3-2-4-6-15/h2-6H,7-14H2,1H3. The average molecular weight is 409 g/mol. The van der Waals surface area contributed by atoms with Gasteiger partial charge in [0.05, 0.1) is 0 Å². The van der Waals surface area contributed by atoms with Crippen LogP contribution in [0, 0.1) is 0 Å². The van der Waals surface area contributed by atoms with Crippen LogP contribution in [-0.4, -0.2) is 90.7 Å². The minimum Gasteiger partial charge on any atom is -0.344 e. The Balaban J connectivity index is 1.38. The number of anilines is 1. The number of likely N-dealkylation sites (N-methyl/N-ethyl adjacent to an activating group) is 1. The normalized spacial score (nSPS) is 20.9. The van der Waals surface area contributed by atoms with Crippen molar-refractivity contribution in [2.45, 2.75) is 0 Å². The van der Waals surface area contributed by atoms with Gasteiger partial charge in [-0.15, -0.1) is 0 Å². The third-order valence-electron chi connectivity index (χ3n) is 5.07. The number of benzene rings is 1. The second-order valence-corrected chi connectivity index (χ2v) is 9.52. The molecule has 0 amide bonds. The Morgan fingerprint density at radius 3 is 2.11 bits per heavy atom. The van der Waals surface area contributed by atoms with Crippen LogP contribution in [0.2, 0.25) is 0 Å². The molecular formula is C17H24N6O2S2. The van der Waals surface area contributed by atoms with Crippen LogP contribution in [0.1, 0.15) is 0 Å². The zero-order valence-corrected chi connectivity index (χ0v) is 17.0. The van der Waals surface area contributed by atoms with E-state index in [4.69, 9.17) is 0 Å². The molecule has 2 fully saturated rings. The predicted molar refractivity (Wildman–Crippen MR) is 107 cm³/mol. The van der Waals surface area contributed by atoms with Gasteiger partial charge in [-0.3, -0.25) is 0 Å². The third-order valence-corrected chi connectivity index (χ3v) is 7.88. The smallest absolute Gasteiger partial charge is 0.282 e. The summed E-state index contributed by atoms with van der Waals surface area (Å²) in [6.07, 6.45) is 0. The Kier molecular flexibility index (Phi) is 5.42. The molecule has 10 heteroatoms. The van der Waals surface area contributed by atoms with Crippen LogP contribution in [0.25, 0.3) is 11.4 Å². The van der Waals surface area contributed by atoms with Gasteiger partial charge in [0.2, 0.25) is 5.13 Å². The van der Waals surface area contributed by atoms with E-state index in [0.29, 0.717) is 39.3 Å². The molecule has 4 rings (SSSR count). The van der Waals surface area contributed by atoms with E-state index in [1.165, 1.54) is 11.5 Å². The molecule has 2 aliphatic heterocycles. The summed E-state index contributed by atoms with van der Waals surface area (Å²) in [4.78, 5) is 8.92. The Labute approximate surface area is 164 Å². The number of aromatic nitrogens is 2. The highest BCUT2D eigenvalue weighted by molar-refractivity contribution is 7.86. The first-order chi connectivity index (χ1) is 13.0. The van der Waals surface area contributed by atoms with Crippen LogP contribution < -0.4 is 4.90 Å². The number of rotatable bonds is 4. The lowest BCUT2D eigenvalue weighted by molar-refractivity contribution is 0.210. The summed E-state index contributed by atoms with van der Waals surface area (Å²) in [6.45, 7) is 4.93. The van der Waals surface area contributed by atoms with Gasteiger partial charge in [-0.25, -0.2) is 0 Å². The third kappa shape index (κ3) is 3.99. The lowest BCUT2D eigenvalue weighted by atomic mass is 10.2. The van der Waals surface area contributed by atoms with Gasteiger partial charge in [0.1, 0.15) is 0 Å². The van der Waals surface area contributed by atoms with E-state index in [1.807, 2.05) is 37.4 Å². The van der Waals surface area contributed by atoms with Crippen LogP contribution >= 0.6 is 11.5 Å². The number of nitrogens with zero attached hydrogens (tertiary/aromatic N) is 6. The number of piperazine rings is 2. The van der Waals surface area contributed by atoms with Crippen molar-refractivity contribution < 1.29 is 8.42 Å². The summed E-state index contributed by atoms with van der Waals surface area (Å²) in [5.74, 6) is 0.725. The maximum absolute atomic E-state index is 12.9. The van der Waals surface area contributed by atoms with Crippen molar-refractivity contribution in [2.75, 3.05) is 64.3 Å². The van der Waals surface area contributed by atoms with Crippen LogP contribution in [0.5, 0.6) is 0 Å². The summed E-state index contributed by atoms with van der Waals surface area (Å²) in [6, 6.07) is 9.89. The fourth-order valence-electron chi connectivity index (χ4n) is 3.34. The lowest BCUT2D eigenvalue weighted by Gasteiger charge is -2.38. The maximum atomic E-state index is 12.9. The number of hydrogen-bond donors (Lipinski definition) is 0. The Hall–Kier alpha value is -1.59. The first-order valence-electron chi connectivity index (χ1n) is 9.12. The molecule has 146 valence electrons. The summed E-state index contributed by atoms with van der Waals surface area (Å²) < 4.78 is 33.4. The van der Waals surface area contributed by atoms with Crippen molar-refractivity contribution in [2.24, 2.45) is 0 Å². The highest BCUT2D eigenvalue weighted by Crippen LogP contribution is 2.25. The van der Waals surface area contributed by atoms with Gasteiger partial charge in [0.15, 0.2) is 5.82 Å². The van der Waals surface area contributed by atoms with Gasteiger partial charge >= 0.3 is 0 Å². The van der Waals surface area contributed by atoms with Crippen LogP contribution in [0.3, 0.4) is 0 Å². The first-order valence-corrected chi connectivity index (χ1v) is 11.3. The zero-order valence-electron chi connectivity index (χ0n) is 15.4. The molecule has 0 bridgehead atoms. The molecule has 1 aromatic carbocycles. The van der Waals surface area contributed by atoms with E-state index < -0.39 is 10.2 Å². The van der Waals surface area contributed by atoms with Gasteiger partial charge < -0.3 is 9.80 Å². The number of hydrogen-bond acceptors (Lipinski definition) is 7. The van der Waals surface area contributed by atoms with Crippen molar-refractivity contribution in [1.82, 2.24) is 22.9 Å². The second-order valence-electron chi connectivity index (χ2n) is 6.86.